The number of aromatic nitrogens is 3. The molecule has 2 N–H and O–H groups in total. The highest BCUT2D eigenvalue weighted by molar-refractivity contribution is 7.13. The molecule has 2 fully saturated rings. The lowest BCUT2D eigenvalue weighted by Crippen LogP contribution is -2.33. The predicted octanol–water partition coefficient (Wildman–Crippen LogP) is 3.23. The normalized spacial score (nSPS) is 21.8. The molecule has 0 radical (unpaired) electrons. The second-order valence-electron chi connectivity index (χ2n) is 7.05. The smallest absolute Gasteiger partial charge is 0.260 e. The first-order valence-corrected chi connectivity index (χ1v) is 9.58. The maximum Gasteiger partial charge on any atom is 0.260 e. The number of amides is 1. The van der Waals surface area contributed by atoms with E-state index < -0.39 is 0 Å². The largest absolute Gasteiger partial charge is 0.298 e. The Hall–Kier alpha value is -1.73. The number of H-pyrrole nitrogens is 1. The first-order valence-electron chi connectivity index (χ1n) is 8.70. The summed E-state index contributed by atoms with van der Waals surface area (Å²) in [5, 5.41) is 12.6. The highest BCUT2D eigenvalue weighted by Crippen LogP contribution is 2.40. The summed E-state index contributed by atoms with van der Waals surface area (Å²) in [6.45, 7) is 5.46. The predicted molar refractivity (Wildman–Crippen MR) is 94.3 cm³/mol. The Bertz CT molecular complexity index is 720. The minimum atomic E-state index is -0.113. The number of likely N-dealkylation sites (tertiary alicyclic amines) is 1. The molecule has 1 saturated heterocycles. The first-order chi connectivity index (χ1) is 11.7. The highest BCUT2D eigenvalue weighted by Gasteiger charge is 2.30. The fraction of sp³-hybridized carbons (Fsp3) is 0.588. The fourth-order valence-electron chi connectivity index (χ4n) is 3.42. The number of hydrogen-bond donors (Lipinski definition) is 2. The van der Waals surface area contributed by atoms with Crippen molar-refractivity contribution in [3.8, 4) is 0 Å². The molecule has 6 nitrogen and oxygen atoms in total. The molecule has 4 rings (SSSR count). The number of nitrogens with one attached hydrogen (secondary N) is 2. The van der Waals surface area contributed by atoms with Gasteiger partial charge in [-0.2, -0.15) is 5.10 Å². The topological polar surface area (TPSA) is 73.9 Å². The summed E-state index contributed by atoms with van der Waals surface area (Å²) >= 11 is 1.49. The van der Waals surface area contributed by atoms with E-state index in [1.807, 2.05) is 5.38 Å². The molecule has 1 saturated carbocycles. The Morgan fingerprint density at radius 3 is 3.12 bits per heavy atom. The number of carbonyl (C=O) groups is 1. The average Bonchev–Trinajstić information content (AvgIpc) is 3.11. The minimum absolute atomic E-state index is 0.113. The molecule has 3 heterocycles. The number of nitrogens with zero attached hydrogens (tertiary/aromatic N) is 3. The van der Waals surface area contributed by atoms with Gasteiger partial charge in [-0.1, -0.05) is 6.92 Å². The van der Waals surface area contributed by atoms with Gasteiger partial charge < -0.3 is 0 Å². The molecule has 128 valence electrons. The van der Waals surface area contributed by atoms with Crippen LogP contribution in [-0.2, 0) is 6.54 Å². The minimum Gasteiger partial charge on any atom is -0.298 e. The molecule has 2 aromatic rings. The number of carbonyl (C=O) groups excluding carboxylic acids is 1. The number of anilines is 1. The summed E-state index contributed by atoms with van der Waals surface area (Å²) in [5.74, 6) is 1.12. The van der Waals surface area contributed by atoms with Crippen molar-refractivity contribution in [3.05, 3.63) is 28.5 Å². The van der Waals surface area contributed by atoms with Crippen molar-refractivity contribution >= 4 is 22.4 Å². The summed E-state index contributed by atoms with van der Waals surface area (Å²) in [4.78, 5) is 19.5. The number of rotatable bonds is 5. The summed E-state index contributed by atoms with van der Waals surface area (Å²) in [6.07, 6.45) is 6.48. The lowest BCUT2D eigenvalue weighted by molar-refractivity contribution is 0.102. The van der Waals surface area contributed by atoms with Gasteiger partial charge in [0.25, 0.3) is 5.91 Å². The first kappa shape index (κ1) is 15.8. The van der Waals surface area contributed by atoms with E-state index in [9.17, 15) is 4.79 Å². The maximum atomic E-state index is 12.5. The van der Waals surface area contributed by atoms with Crippen LogP contribution < -0.4 is 5.32 Å². The number of aromatic amines is 1. The van der Waals surface area contributed by atoms with E-state index >= 15 is 0 Å². The SMILES string of the molecule is C[C@@H]1CCCN(Cc2csc(NC(=O)c3cn[nH]c3C3CC3)n2)C1. The van der Waals surface area contributed by atoms with Crippen LogP contribution in [0.3, 0.4) is 0 Å². The van der Waals surface area contributed by atoms with E-state index in [1.165, 1.54) is 24.2 Å². The molecule has 0 aromatic carbocycles. The van der Waals surface area contributed by atoms with E-state index in [0.717, 1.165) is 49.8 Å². The Morgan fingerprint density at radius 2 is 2.33 bits per heavy atom. The summed E-state index contributed by atoms with van der Waals surface area (Å²) in [7, 11) is 0. The van der Waals surface area contributed by atoms with E-state index in [1.54, 1.807) is 6.20 Å². The van der Waals surface area contributed by atoms with Gasteiger partial charge in [0, 0.05) is 24.4 Å². The lowest BCUT2D eigenvalue weighted by atomic mass is 10.0. The zero-order valence-corrected chi connectivity index (χ0v) is 14.7. The van der Waals surface area contributed by atoms with Crippen molar-refractivity contribution in [2.45, 2.75) is 45.1 Å². The van der Waals surface area contributed by atoms with Crippen molar-refractivity contribution in [2.24, 2.45) is 5.92 Å². The van der Waals surface area contributed by atoms with Crippen LogP contribution in [0.5, 0.6) is 0 Å². The zero-order chi connectivity index (χ0) is 16.5. The summed E-state index contributed by atoms with van der Waals surface area (Å²) < 4.78 is 0. The molecule has 1 aliphatic carbocycles. The van der Waals surface area contributed by atoms with Gasteiger partial charge in [0.15, 0.2) is 5.13 Å². The zero-order valence-electron chi connectivity index (χ0n) is 13.9. The van der Waals surface area contributed by atoms with E-state index in [-0.39, 0.29) is 5.91 Å². The maximum absolute atomic E-state index is 12.5. The highest BCUT2D eigenvalue weighted by atomic mass is 32.1. The third-order valence-electron chi connectivity index (χ3n) is 4.80. The third-order valence-corrected chi connectivity index (χ3v) is 5.60. The van der Waals surface area contributed by atoms with Gasteiger partial charge in [0.2, 0.25) is 0 Å². The molecular weight excluding hydrogens is 322 g/mol. The van der Waals surface area contributed by atoms with Crippen molar-refractivity contribution in [1.82, 2.24) is 20.1 Å². The van der Waals surface area contributed by atoms with Crippen LogP contribution in [0.15, 0.2) is 11.6 Å². The van der Waals surface area contributed by atoms with E-state index in [2.05, 4.69) is 32.3 Å². The third kappa shape index (κ3) is 3.52. The molecule has 7 heteroatoms. The molecule has 2 aromatic heterocycles. The molecule has 0 unspecified atom stereocenters. The van der Waals surface area contributed by atoms with Gasteiger partial charge in [0.1, 0.15) is 0 Å². The monoisotopic (exact) mass is 345 g/mol. The van der Waals surface area contributed by atoms with Crippen LogP contribution in [0.2, 0.25) is 0 Å². The van der Waals surface area contributed by atoms with Gasteiger partial charge >= 0.3 is 0 Å². The van der Waals surface area contributed by atoms with Crippen LogP contribution in [-0.4, -0.2) is 39.1 Å². The molecule has 1 amide bonds. The standard InChI is InChI=1S/C17H23N5OS/c1-11-3-2-6-22(8-11)9-13-10-24-17(19-13)20-16(23)14-7-18-21-15(14)12-4-5-12/h7,10-12H,2-6,8-9H2,1H3,(H,18,21)(H,19,20,23)/t11-/m1/s1. The fourth-order valence-corrected chi connectivity index (χ4v) is 4.12. The lowest BCUT2D eigenvalue weighted by Gasteiger charge is -2.30. The molecule has 2 aliphatic rings. The van der Waals surface area contributed by atoms with Crippen molar-refractivity contribution in [3.63, 3.8) is 0 Å². The van der Waals surface area contributed by atoms with Crippen LogP contribution >= 0.6 is 11.3 Å². The number of thiazole rings is 1. The Labute approximate surface area is 145 Å². The number of hydrogen-bond acceptors (Lipinski definition) is 5. The van der Waals surface area contributed by atoms with Crippen LogP contribution in [0.1, 0.15) is 60.3 Å². The average molecular weight is 345 g/mol. The van der Waals surface area contributed by atoms with Crippen molar-refractivity contribution in [2.75, 3.05) is 18.4 Å². The molecular formula is C17H23N5OS. The van der Waals surface area contributed by atoms with Gasteiger partial charge in [-0.05, 0) is 38.1 Å². The molecule has 24 heavy (non-hydrogen) atoms. The molecule has 0 spiro atoms. The number of piperidine rings is 1. The van der Waals surface area contributed by atoms with Gasteiger partial charge in [0.05, 0.1) is 23.1 Å². The summed E-state index contributed by atoms with van der Waals surface area (Å²) in [5.41, 5.74) is 2.66. The molecule has 0 bridgehead atoms. The quantitative estimate of drug-likeness (QED) is 0.872. The van der Waals surface area contributed by atoms with Crippen LogP contribution in [0, 0.1) is 5.92 Å². The Kier molecular flexibility index (Phi) is 4.37. The molecule has 1 atom stereocenters. The molecule has 1 aliphatic heterocycles. The van der Waals surface area contributed by atoms with Crippen LogP contribution in [0.25, 0.3) is 0 Å². The van der Waals surface area contributed by atoms with Gasteiger partial charge in [-0.15, -0.1) is 11.3 Å². The van der Waals surface area contributed by atoms with E-state index in [4.69, 9.17) is 0 Å². The summed E-state index contributed by atoms with van der Waals surface area (Å²) in [6, 6.07) is 0. The van der Waals surface area contributed by atoms with Crippen molar-refractivity contribution in [1.29, 1.82) is 0 Å². The van der Waals surface area contributed by atoms with Gasteiger partial charge in [-0.3, -0.25) is 20.1 Å². The second kappa shape index (κ2) is 6.64. The Balaban J connectivity index is 1.38. The Morgan fingerprint density at radius 1 is 1.46 bits per heavy atom. The van der Waals surface area contributed by atoms with Gasteiger partial charge in [-0.25, -0.2) is 4.98 Å². The van der Waals surface area contributed by atoms with E-state index in [0.29, 0.717) is 16.6 Å². The van der Waals surface area contributed by atoms with Crippen LogP contribution in [0.4, 0.5) is 5.13 Å². The van der Waals surface area contributed by atoms with Crippen molar-refractivity contribution < 1.29 is 4.79 Å². The second-order valence-corrected chi connectivity index (χ2v) is 7.91.